The first-order valence-electron chi connectivity index (χ1n) is 9.65. The van der Waals surface area contributed by atoms with Crippen LogP contribution in [0.4, 0.5) is 0 Å². The number of aromatic hydroxyl groups is 1. The van der Waals surface area contributed by atoms with E-state index in [2.05, 4.69) is 20.3 Å². The molecule has 2 aromatic heterocycles. The van der Waals surface area contributed by atoms with Crippen LogP contribution in [0, 0.1) is 6.92 Å². The number of hydrogen-bond donors (Lipinski definition) is 2. The van der Waals surface area contributed by atoms with Crippen LogP contribution in [0.5, 0.6) is 5.75 Å². The van der Waals surface area contributed by atoms with Gasteiger partial charge in [0.25, 0.3) is 11.8 Å². The number of fused-ring (bicyclic) bond motifs is 1. The summed E-state index contributed by atoms with van der Waals surface area (Å²) in [7, 11) is 0. The molecule has 3 aromatic rings. The molecule has 2 amide bonds. The summed E-state index contributed by atoms with van der Waals surface area (Å²) in [5.74, 6) is 0.202. The Bertz CT molecular complexity index is 1090. The zero-order valence-corrected chi connectivity index (χ0v) is 16.7. The third-order valence-electron chi connectivity index (χ3n) is 5.08. The first-order chi connectivity index (χ1) is 14.4. The predicted octanol–water partition coefficient (Wildman–Crippen LogP) is 1.83. The molecule has 2 N–H and O–H groups in total. The van der Waals surface area contributed by atoms with Crippen molar-refractivity contribution in [1.82, 2.24) is 29.7 Å². The maximum atomic E-state index is 12.9. The summed E-state index contributed by atoms with van der Waals surface area (Å²) in [5, 5.41) is 12.5. The fraction of sp³-hybridized carbons (Fsp3) is 0.286. The fourth-order valence-corrected chi connectivity index (χ4v) is 3.45. The fourth-order valence-electron chi connectivity index (χ4n) is 3.45. The number of amides is 2. The number of carbonyl (C=O) groups is 2. The molecular formula is C21H22N6O3. The van der Waals surface area contributed by atoms with Crippen molar-refractivity contribution in [3.8, 4) is 5.75 Å². The minimum absolute atomic E-state index is 0.0456. The number of aryl methyl sites for hydroxylation is 1. The van der Waals surface area contributed by atoms with Crippen molar-refractivity contribution in [3.05, 3.63) is 71.3 Å². The number of imidazole rings is 1. The molecule has 154 valence electrons. The van der Waals surface area contributed by atoms with Gasteiger partial charge in [-0.1, -0.05) is 6.07 Å². The van der Waals surface area contributed by atoms with Gasteiger partial charge in [-0.25, -0.2) is 4.98 Å². The molecule has 3 heterocycles. The van der Waals surface area contributed by atoms with Gasteiger partial charge < -0.3 is 19.9 Å². The zero-order chi connectivity index (χ0) is 21.3. The van der Waals surface area contributed by atoms with Gasteiger partial charge in [0.1, 0.15) is 17.3 Å². The van der Waals surface area contributed by atoms with Gasteiger partial charge in [-0.2, -0.15) is 0 Å². The van der Waals surface area contributed by atoms with E-state index in [4.69, 9.17) is 0 Å². The minimum atomic E-state index is -0.308. The lowest BCUT2D eigenvalue weighted by atomic mass is 10.1. The number of carbonyl (C=O) groups excluding carboxylic acids is 2. The van der Waals surface area contributed by atoms with E-state index in [1.807, 2.05) is 18.4 Å². The van der Waals surface area contributed by atoms with Crippen molar-refractivity contribution >= 4 is 11.8 Å². The molecule has 1 atom stereocenters. The van der Waals surface area contributed by atoms with Crippen LogP contribution >= 0.6 is 0 Å². The number of hydrogen-bond acceptors (Lipinski definition) is 6. The van der Waals surface area contributed by atoms with Gasteiger partial charge in [0.2, 0.25) is 0 Å². The molecule has 1 aromatic carbocycles. The second kappa shape index (κ2) is 7.94. The van der Waals surface area contributed by atoms with E-state index in [0.717, 1.165) is 5.69 Å². The van der Waals surface area contributed by atoms with Crippen LogP contribution in [0.25, 0.3) is 0 Å². The first kappa shape index (κ1) is 19.6. The zero-order valence-electron chi connectivity index (χ0n) is 16.7. The van der Waals surface area contributed by atoms with Crippen molar-refractivity contribution in [2.75, 3.05) is 6.54 Å². The third kappa shape index (κ3) is 3.86. The molecule has 0 spiro atoms. The van der Waals surface area contributed by atoms with Gasteiger partial charge in [0, 0.05) is 31.0 Å². The monoisotopic (exact) mass is 406 g/mol. The Kier molecular flexibility index (Phi) is 5.18. The standard InChI is InChI=1S/C21H22N6O3/c1-13-9-23-16(10-22-13)11-24-20(29)18-12-26-6-7-27(14(2)19(26)25-18)21(30)15-4-3-5-17(28)8-15/h3-5,8-10,12,14,28H,6-7,11H2,1-2H3,(H,24,29). The molecule has 4 rings (SSSR count). The molecule has 9 heteroatoms. The van der Waals surface area contributed by atoms with Crippen molar-refractivity contribution in [2.24, 2.45) is 0 Å². The lowest BCUT2D eigenvalue weighted by Crippen LogP contribution is -2.41. The van der Waals surface area contributed by atoms with Crippen molar-refractivity contribution in [2.45, 2.75) is 33.0 Å². The highest BCUT2D eigenvalue weighted by Crippen LogP contribution is 2.27. The maximum Gasteiger partial charge on any atom is 0.271 e. The highest BCUT2D eigenvalue weighted by atomic mass is 16.3. The molecule has 0 bridgehead atoms. The molecule has 0 saturated heterocycles. The van der Waals surface area contributed by atoms with Gasteiger partial charge in [-0.15, -0.1) is 0 Å². The van der Waals surface area contributed by atoms with Crippen LogP contribution in [0.15, 0.2) is 42.9 Å². The Hall–Kier alpha value is -3.75. The third-order valence-corrected chi connectivity index (χ3v) is 5.08. The molecule has 0 radical (unpaired) electrons. The molecule has 30 heavy (non-hydrogen) atoms. The molecule has 0 fully saturated rings. The normalized spacial score (nSPS) is 15.5. The van der Waals surface area contributed by atoms with Crippen LogP contribution in [0.2, 0.25) is 0 Å². The van der Waals surface area contributed by atoms with E-state index in [9.17, 15) is 14.7 Å². The summed E-state index contributed by atoms with van der Waals surface area (Å²) in [6, 6.07) is 5.97. The van der Waals surface area contributed by atoms with Crippen LogP contribution < -0.4 is 5.32 Å². The van der Waals surface area contributed by atoms with Crippen molar-refractivity contribution < 1.29 is 14.7 Å². The number of nitrogens with zero attached hydrogens (tertiary/aromatic N) is 5. The Labute approximate surface area is 173 Å². The largest absolute Gasteiger partial charge is 0.508 e. The van der Waals surface area contributed by atoms with Gasteiger partial charge >= 0.3 is 0 Å². The molecular weight excluding hydrogens is 384 g/mol. The van der Waals surface area contributed by atoms with Crippen LogP contribution in [0.3, 0.4) is 0 Å². The van der Waals surface area contributed by atoms with Crippen LogP contribution in [-0.2, 0) is 13.1 Å². The smallest absolute Gasteiger partial charge is 0.271 e. The number of rotatable bonds is 4. The molecule has 9 nitrogen and oxygen atoms in total. The Morgan fingerprint density at radius 3 is 2.80 bits per heavy atom. The lowest BCUT2D eigenvalue weighted by molar-refractivity contribution is 0.0637. The Morgan fingerprint density at radius 2 is 2.07 bits per heavy atom. The van der Waals surface area contributed by atoms with E-state index in [0.29, 0.717) is 35.9 Å². The maximum absolute atomic E-state index is 12.9. The molecule has 1 aliphatic rings. The molecule has 1 aliphatic heterocycles. The van der Waals surface area contributed by atoms with Crippen LogP contribution in [-0.4, -0.2) is 47.9 Å². The average molecular weight is 406 g/mol. The highest BCUT2D eigenvalue weighted by molar-refractivity contribution is 5.95. The van der Waals surface area contributed by atoms with Crippen molar-refractivity contribution in [3.63, 3.8) is 0 Å². The predicted molar refractivity (Wildman–Crippen MR) is 108 cm³/mol. The number of phenolic OH excluding ortho intramolecular Hbond substituents is 1. The summed E-state index contributed by atoms with van der Waals surface area (Å²) in [4.78, 5) is 40.0. The van der Waals surface area contributed by atoms with E-state index in [1.165, 1.54) is 12.1 Å². The van der Waals surface area contributed by atoms with Gasteiger partial charge in [-0.3, -0.25) is 19.6 Å². The Morgan fingerprint density at radius 1 is 1.23 bits per heavy atom. The number of phenols is 1. The van der Waals surface area contributed by atoms with Gasteiger partial charge in [0.05, 0.1) is 30.2 Å². The summed E-state index contributed by atoms with van der Waals surface area (Å²) >= 11 is 0. The van der Waals surface area contributed by atoms with Crippen molar-refractivity contribution in [1.29, 1.82) is 0 Å². The topological polar surface area (TPSA) is 113 Å². The minimum Gasteiger partial charge on any atom is -0.508 e. The Balaban J connectivity index is 1.47. The van der Waals surface area contributed by atoms with Gasteiger partial charge in [-0.05, 0) is 32.0 Å². The van der Waals surface area contributed by atoms with E-state index < -0.39 is 0 Å². The molecule has 0 aliphatic carbocycles. The summed E-state index contributed by atoms with van der Waals surface area (Å²) in [6.07, 6.45) is 4.98. The quantitative estimate of drug-likeness (QED) is 0.683. The van der Waals surface area contributed by atoms with Crippen LogP contribution in [0.1, 0.15) is 51.0 Å². The number of nitrogens with one attached hydrogen (secondary N) is 1. The molecule has 0 saturated carbocycles. The summed E-state index contributed by atoms with van der Waals surface area (Å²) < 4.78 is 1.90. The lowest BCUT2D eigenvalue weighted by Gasteiger charge is -2.33. The van der Waals surface area contributed by atoms with Gasteiger partial charge in [0.15, 0.2) is 0 Å². The highest BCUT2D eigenvalue weighted by Gasteiger charge is 2.31. The van der Waals surface area contributed by atoms with E-state index in [1.54, 1.807) is 35.6 Å². The first-order valence-corrected chi connectivity index (χ1v) is 9.65. The average Bonchev–Trinajstić information content (AvgIpc) is 3.18. The summed E-state index contributed by atoms with van der Waals surface area (Å²) in [5.41, 5.74) is 2.18. The second-order valence-electron chi connectivity index (χ2n) is 7.23. The second-order valence-corrected chi connectivity index (χ2v) is 7.23. The number of benzene rings is 1. The van der Waals surface area contributed by atoms with E-state index in [-0.39, 0.29) is 30.2 Å². The molecule has 1 unspecified atom stereocenters. The SMILES string of the molecule is Cc1cnc(CNC(=O)c2cn3c(n2)C(C)N(C(=O)c2cccc(O)c2)CC3)cn1. The summed E-state index contributed by atoms with van der Waals surface area (Å²) in [6.45, 7) is 5.00. The van der Waals surface area contributed by atoms with E-state index >= 15 is 0 Å². The number of aromatic nitrogens is 4.